The maximum absolute atomic E-state index is 6.04. The lowest BCUT2D eigenvalue weighted by molar-refractivity contribution is -0.0343. The van der Waals surface area contributed by atoms with Crippen molar-refractivity contribution in [2.75, 3.05) is 13.1 Å². The third kappa shape index (κ3) is 1.38. The molecule has 1 aliphatic rings. The van der Waals surface area contributed by atoms with Gasteiger partial charge in [-0.05, 0) is 30.3 Å². The van der Waals surface area contributed by atoms with Crippen LogP contribution in [0.25, 0.3) is 0 Å². The van der Waals surface area contributed by atoms with Gasteiger partial charge in [0.1, 0.15) is 0 Å². The van der Waals surface area contributed by atoms with Crippen molar-refractivity contribution in [3.05, 3.63) is 0 Å². The lowest BCUT2D eigenvalue weighted by Crippen LogP contribution is -2.63. The Hall–Kier alpha value is -0.0800. The fraction of sp³-hybridized carbons (Fsp3) is 1.00. The lowest BCUT2D eigenvalue weighted by atomic mass is 9.52. The Bertz CT molecular complexity index is 154. The van der Waals surface area contributed by atoms with Crippen LogP contribution in [-0.2, 0) is 0 Å². The molecule has 0 radical (unpaired) electrons. The largest absolute Gasteiger partial charge is 0.327 e. The minimum absolute atomic E-state index is 0.402. The van der Waals surface area contributed by atoms with Gasteiger partial charge in [0, 0.05) is 6.04 Å². The molecule has 1 fully saturated rings. The molecule has 12 heavy (non-hydrogen) atoms. The van der Waals surface area contributed by atoms with Crippen molar-refractivity contribution in [3.8, 4) is 0 Å². The second-order valence-corrected chi connectivity index (χ2v) is 4.60. The molecule has 0 amide bonds. The van der Waals surface area contributed by atoms with Crippen molar-refractivity contribution in [1.29, 1.82) is 0 Å². The Balaban J connectivity index is 2.44. The highest BCUT2D eigenvalue weighted by Gasteiger charge is 2.51. The second-order valence-electron chi connectivity index (χ2n) is 4.60. The van der Waals surface area contributed by atoms with E-state index in [0.717, 1.165) is 13.1 Å². The van der Waals surface area contributed by atoms with E-state index in [-0.39, 0.29) is 0 Å². The van der Waals surface area contributed by atoms with Crippen molar-refractivity contribution >= 4 is 0 Å². The molecule has 1 rings (SSSR count). The molecule has 1 aliphatic carbocycles. The number of nitrogens with one attached hydrogen (secondary N) is 1. The maximum Gasteiger partial charge on any atom is 0.0116 e. The van der Waals surface area contributed by atoms with E-state index in [1.165, 1.54) is 0 Å². The van der Waals surface area contributed by atoms with E-state index in [9.17, 15) is 0 Å². The van der Waals surface area contributed by atoms with E-state index in [2.05, 4.69) is 33.0 Å². The summed E-state index contributed by atoms with van der Waals surface area (Å²) in [6.07, 6.45) is 0. The molecule has 0 aromatic carbocycles. The SMILES string of the molecule is CCNCC1[C@@H](N)[C@@H](C)C1(C)C. The van der Waals surface area contributed by atoms with E-state index in [0.29, 0.717) is 23.3 Å². The van der Waals surface area contributed by atoms with E-state index in [4.69, 9.17) is 5.73 Å². The molecule has 3 atom stereocenters. The molecule has 2 heteroatoms. The third-order valence-corrected chi connectivity index (χ3v) is 3.79. The molecule has 0 heterocycles. The fourth-order valence-corrected chi connectivity index (χ4v) is 2.26. The molecule has 0 aliphatic heterocycles. The van der Waals surface area contributed by atoms with E-state index in [1.54, 1.807) is 0 Å². The van der Waals surface area contributed by atoms with Crippen molar-refractivity contribution in [2.24, 2.45) is 23.0 Å². The number of nitrogens with two attached hydrogens (primary N) is 1. The first-order valence-corrected chi connectivity index (χ1v) is 4.98. The average Bonchev–Trinajstić information content (AvgIpc) is 2.03. The molecule has 1 saturated carbocycles. The normalized spacial score (nSPS) is 39.2. The molecule has 2 nitrogen and oxygen atoms in total. The summed E-state index contributed by atoms with van der Waals surface area (Å²) in [6.45, 7) is 11.2. The van der Waals surface area contributed by atoms with Gasteiger partial charge in [0.25, 0.3) is 0 Å². The van der Waals surface area contributed by atoms with Gasteiger partial charge in [0.2, 0.25) is 0 Å². The first kappa shape index (κ1) is 10.0. The molecule has 0 aromatic heterocycles. The standard InChI is InChI=1S/C10H22N2/c1-5-12-6-8-9(11)7(2)10(8,3)4/h7-9,12H,5-6,11H2,1-4H3/t7-,8?,9+/m1/s1. The van der Waals surface area contributed by atoms with Crippen LogP contribution < -0.4 is 11.1 Å². The summed E-state index contributed by atoms with van der Waals surface area (Å²) in [5, 5.41) is 3.38. The van der Waals surface area contributed by atoms with Crippen molar-refractivity contribution in [2.45, 2.75) is 33.7 Å². The van der Waals surface area contributed by atoms with Gasteiger partial charge in [-0.25, -0.2) is 0 Å². The van der Waals surface area contributed by atoms with Crippen LogP contribution >= 0.6 is 0 Å². The Morgan fingerprint density at radius 1 is 1.42 bits per heavy atom. The molecule has 0 saturated heterocycles. The maximum atomic E-state index is 6.04. The van der Waals surface area contributed by atoms with Crippen LogP contribution in [0.15, 0.2) is 0 Å². The Labute approximate surface area is 75.9 Å². The number of hydrogen-bond donors (Lipinski definition) is 2. The number of rotatable bonds is 3. The van der Waals surface area contributed by atoms with Gasteiger partial charge in [-0.3, -0.25) is 0 Å². The van der Waals surface area contributed by atoms with Crippen LogP contribution in [0, 0.1) is 17.3 Å². The summed E-state index contributed by atoms with van der Waals surface area (Å²) in [7, 11) is 0. The van der Waals surface area contributed by atoms with Crippen LogP contribution in [0.3, 0.4) is 0 Å². The highest BCUT2D eigenvalue weighted by Crippen LogP contribution is 2.49. The Morgan fingerprint density at radius 3 is 2.42 bits per heavy atom. The van der Waals surface area contributed by atoms with Gasteiger partial charge in [0.15, 0.2) is 0 Å². The predicted octanol–water partition coefficient (Wildman–Crippen LogP) is 1.22. The highest BCUT2D eigenvalue weighted by molar-refractivity contribution is 5.04. The molecule has 1 unspecified atom stereocenters. The van der Waals surface area contributed by atoms with Crippen LogP contribution in [0.4, 0.5) is 0 Å². The van der Waals surface area contributed by atoms with Crippen molar-refractivity contribution < 1.29 is 0 Å². The van der Waals surface area contributed by atoms with Gasteiger partial charge in [-0.1, -0.05) is 27.7 Å². The highest BCUT2D eigenvalue weighted by atomic mass is 14.9. The molecule has 0 bridgehead atoms. The van der Waals surface area contributed by atoms with Gasteiger partial charge in [0.05, 0.1) is 0 Å². The topological polar surface area (TPSA) is 38.0 Å². The molecule has 72 valence electrons. The van der Waals surface area contributed by atoms with Gasteiger partial charge >= 0.3 is 0 Å². The predicted molar refractivity (Wildman–Crippen MR) is 53.0 cm³/mol. The third-order valence-electron chi connectivity index (χ3n) is 3.79. The zero-order valence-corrected chi connectivity index (χ0v) is 8.72. The summed E-state index contributed by atoms with van der Waals surface area (Å²) in [5.41, 5.74) is 6.47. The van der Waals surface area contributed by atoms with Crippen LogP contribution in [0.1, 0.15) is 27.7 Å². The van der Waals surface area contributed by atoms with Crippen LogP contribution in [0.2, 0.25) is 0 Å². The first-order chi connectivity index (χ1) is 5.51. The zero-order valence-electron chi connectivity index (χ0n) is 8.72. The lowest BCUT2D eigenvalue weighted by Gasteiger charge is -2.56. The minimum atomic E-state index is 0.402. The first-order valence-electron chi connectivity index (χ1n) is 4.98. The zero-order chi connectivity index (χ0) is 9.35. The van der Waals surface area contributed by atoms with E-state index < -0.39 is 0 Å². The van der Waals surface area contributed by atoms with Gasteiger partial charge < -0.3 is 11.1 Å². The molecule has 0 spiro atoms. The summed E-state index contributed by atoms with van der Waals surface area (Å²) in [5.74, 6) is 1.33. The smallest absolute Gasteiger partial charge is 0.0116 e. The molecular formula is C10H22N2. The number of hydrogen-bond acceptors (Lipinski definition) is 2. The van der Waals surface area contributed by atoms with Crippen LogP contribution in [-0.4, -0.2) is 19.1 Å². The van der Waals surface area contributed by atoms with Gasteiger partial charge in [-0.2, -0.15) is 0 Å². The fourth-order valence-electron chi connectivity index (χ4n) is 2.26. The van der Waals surface area contributed by atoms with E-state index >= 15 is 0 Å². The Kier molecular flexibility index (Phi) is 2.79. The van der Waals surface area contributed by atoms with Crippen molar-refractivity contribution in [3.63, 3.8) is 0 Å². The molecule has 0 aromatic rings. The quantitative estimate of drug-likeness (QED) is 0.668. The summed E-state index contributed by atoms with van der Waals surface area (Å²) < 4.78 is 0. The monoisotopic (exact) mass is 170 g/mol. The average molecular weight is 170 g/mol. The van der Waals surface area contributed by atoms with E-state index in [1.807, 2.05) is 0 Å². The summed E-state index contributed by atoms with van der Waals surface area (Å²) in [4.78, 5) is 0. The van der Waals surface area contributed by atoms with Crippen LogP contribution in [0.5, 0.6) is 0 Å². The Morgan fingerprint density at radius 2 is 2.00 bits per heavy atom. The second kappa shape index (κ2) is 3.35. The summed E-state index contributed by atoms with van der Waals surface area (Å²) >= 11 is 0. The van der Waals surface area contributed by atoms with Crippen molar-refractivity contribution in [1.82, 2.24) is 5.32 Å². The summed E-state index contributed by atoms with van der Waals surface area (Å²) in [6, 6.07) is 0.402. The molecular weight excluding hydrogens is 148 g/mol. The molecule has 3 N–H and O–H groups in total. The van der Waals surface area contributed by atoms with Gasteiger partial charge in [-0.15, -0.1) is 0 Å². The minimum Gasteiger partial charge on any atom is -0.327 e.